The van der Waals surface area contributed by atoms with Gasteiger partial charge in [-0.1, -0.05) is 13.8 Å². The van der Waals surface area contributed by atoms with E-state index in [1.54, 1.807) is 6.33 Å². The Balaban J connectivity index is 2.63. The summed E-state index contributed by atoms with van der Waals surface area (Å²) in [6, 6.07) is 0.512. The molecule has 1 N–H and O–H groups in total. The van der Waals surface area contributed by atoms with Gasteiger partial charge in [0.1, 0.15) is 11.3 Å². The average Bonchev–Trinajstić information content (AvgIpc) is 2.58. The predicted octanol–water partition coefficient (Wildman–Crippen LogP) is 1.64. The maximum absolute atomic E-state index is 4.20. The van der Waals surface area contributed by atoms with E-state index >= 15 is 0 Å². The fourth-order valence-corrected chi connectivity index (χ4v) is 1.99. The molecule has 0 spiro atoms. The first-order chi connectivity index (χ1) is 5.79. The van der Waals surface area contributed by atoms with E-state index in [1.165, 1.54) is 11.5 Å². The van der Waals surface area contributed by atoms with Gasteiger partial charge in [-0.15, -0.1) is 0 Å². The van der Waals surface area contributed by atoms with E-state index < -0.39 is 0 Å². The summed E-state index contributed by atoms with van der Waals surface area (Å²) in [6.07, 6.45) is 2.75. The normalized spacial score (nSPS) is 15.9. The first kappa shape index (κ1) is 9.61. The van der Waals surface area contributed by atoms with Crippen LogP contribution in [0.1, 0.15) is 31.2 Å². The summed E-state index contributed by atoms with van der Waals surface area (Å²) in [5.74, 6) is 0.465. The molecular weight excluding hydrogens is 170 g/mol. The molecule has 0 aliphatic heterocycles. The van der Waals surface area contributed by atoms with Gasteiger partial charge >= 0.3 is 0 Å². The smallest absolute Gasteiger partial charge is 0.129 e. The van der Waals surface area contributed by atoms with E-state index in [-0.39, 0.29) is 0 Å². The number of nitrogens with one attached hydrogen (secondary N) is 1. The van der Waals surface area contributed by atoms with Crippen LogP contribution in [0.15, 0.2) is 6.33 Å². The third kappa shape index (κ3) is 2.01. The SMILES string of the molecule is CCC(NC)C(C)c1ncns1. The first-order valence-electron chi connectivity index (χ1n) is 4.23. The number of nitrogens with zero attached hydrogens (tertiary/aromatic N) is 2. The lowest BCUT2D eigenvalue weighted by atomic mass is 10.0. The maximum atomic E-state index is 4.20. The Hall–Kier alpha value is -0.480. The summed E-state index contributed by atoms with van der Waals surface area (Å²) in [5, 5.41) is 4.40. The zero-order valence-electron chi connectivity index (χ0n) is 7.74. The Morgan fingerprint density at radius 3 is 2.83 bits per heavy atom. The van der Waals surface area contributed by atoms with Crippen LogP contribution in [-0.4, -0.2) is 22.4 Å². The van der Waals surface area contributed by atoms with Gasteiger partial charge in [-0.2, -0.15) is 4.37 Å². The van der Waals surface area contributed by atoms with Crippen molar-refractivity contribution in [3.8, 4) is 0 Å². The highest BCUT2D eigenvalue weighted by Gasteiger charge is 2.17. The van der Waals surface area contributed by atoms with Crippen molar-refractivity contribution in [1.29, 1.82) is 0 Å². The number of aromatic nitrogens is 2. The van der Waals surface area contributed by atoms with Gasteiger partial charge in [0.15, 0.2) is 0 Å². The highest BCUT2D eigenvalue weighted by Crippen LogP contribution is 2.20. The van der Waals surface area contributed by atoms with Gasteiger partial charge in [-0.05, 0) is 25.0 Å². The van der Waals surface area contributed by atoms with E-state index in [1.807, 2.05) is 7.05 Å². The molecule has 0 aliphatic carbocycles. The Morgan fingerprint density at radius 2 is 2.42 bits per heavy atom. The molecule has 1 heterocycles. The number of hydrogen-bond donors (Lipinski definition) is 1. The molecule has 1 aromatic heterocycles. The molecule has 4 heteroatoms. The standard InChI is InChI=1S/C8H15N3S/c1-4-7(9-3)6(2)8-10-5-11-12-8/h5-7,9H,4H2,1-3H3. The molecule has 1 aromatic rings. The Bertz CT molecular complexity index is 206. The molecule has 0 aromatic carbocycles. The second-order valence-corrected chi connectivity index (χ2v) is 3.68. The van der Waals surface area contributed by atoms with Crippen LogP contribution in [0, 0.1) is 0 Å². The van der Waals surface area contributed by atoms with Gasteiger partial charge in [-0.3, -0.25) is 0 Å². The molecule has 3 nitrogen and oxygen atoms in total. The molecule has 12 heavy (non-hydrogen) atoms. The van der Waals surface area contributed by atoms with E-state index in [0.29, 0.717) is 12.0 Å². The van der Waals surface area contributed by atoms with Crippen LogP contribution in [-0.2, 0) is 0 Å². The zero-order chi connectivity index (χ0) is 8.97. The molecule has 0 radical (unpaired) electrons. The zero-order valence-corrected chi connectivity index (χ0v) is 8.56. The number of rotatable bonds is 4. The summed E-state index contributed by atoms with van der Waals surface area (Å²) in [5.41, 5.74) is 0. The van der Waals surface area contributed by atoms with Gasteiger partial charge in [0.05, 0.1) is 0 Å². The molecular formula is C8H15N3S. The van der Waals surface area contributed by atoms with Gasteiger partial charge < -0.3 is 5.32 Å². The number of likely N-dealkylation sites (N-methyl/N-ethyl adjacent to an activating group) is 1. The van der Waals surface area contributed by atoms with Crippen molar-refractivity contribution < 1.29 is 0 Å². The highest BCUT2D eigenvalue weighted by molar-refractivity contribution is 7.05. The summed E-state index contributed by atoms with van der Waals surface area (Å²) in [6.45, 7) is 4.36. The van der Waals surface area contributed by atoms with Crippen molar-refractivity contribution in [3.05, 3.63) is 11.3 Å². The lowest BCUT2D eigenvalue weighted by Gasteiger charge is -2.19. The van der Waals surface area contributed by atoms with Crippen molar-refractivity contribution in [2.24, 2.45) is 0 Å². The minimum Gasteiger partial charge on any atom is -0.316 e. The molecule has 0 amide bonds. The average molecular weight is 185 g/mol. The topological polar surface area (TPSA) is 37.8 Å². The third-order valence-electron chi connectivity index (χ3n) is 2.18. The summed E-state index contributed by atoms with van der Waals surface area (Å²) in [4.78, 5) is 4.20. The van der Waals surface area contributed by atoms with Crippen molar-refractivity contribution in [1.82, 2.24) is 14.7 Å². The Kier molecular flexibility index (Phi) is 3.62. The molecule has 0 fully saturated rings. The minimum atomic E-state index is 0.465. The maximum Gasteiger partial charge on any atom is 0.129 e. The highest BCUT2D eigenvalue weighted by atomic mass is 32.1. The van der Waals surface area contributed by atoms with Crippen LogP contribution in [0.5, 0.6) is 0 Å². The molecule has 2 atom stereocenters. The molecule has 0 saturated carbocycles. The van der Waals surface area contributed by atoms with Crippen LogP contribution in [0.2, 0.25) is 0 Å². The monoisotopic (exact) mass is 185 g/mol. The lowest BCUT2D eigenvalue weighted by molar-refractivity contribution is 0.471. The van der Waals surface area contributed by atoms with Gasteiger partial charge in [0.2, 0.25) is 0 Å². The summed E-state index contributed by atoms with van der Waals surface area (Å²) >= 11 is 1.49. The second-order valence-electron chi connectivity index (χ2n) is 2.87. The molecule has 2 unspecified atom stereocenters. The number of hydrogen-bond acceptors (Lipinski definition) is 4. The Morgan fingerprint density at radius 1 is 1.67 bits per heavy atom. The van der Waals surface area contributed by atoms with E-state index in [0.717, 1.165) is 11.4 Å². The minimum absolute atomic E-state index is 0.465. The molecule has 0 bridgehead atoms. The first-order valence-corrected chi connectivity index (χ1v) is 5.00. The van der Waals surface area contributed by atoms with E-state index in [4.69, 9.17) is 0 Å². The van der Waals surface area contributed by atoms with Crippen LogP contribution in [0.25, 0.3) is 0 Å². The molecule has 0 saturated heterocycles. The summed E-state index contributed by atoms with van der Waals surface area (Å²) < 4.78 is 4.00. The third-order valence-corrected chi connectivity index (χ3v) is 3.05. The lowest BCUT2D eigenvalue weighted by Crippen LogP contribution is -2.29. The largest absolute Gasteiger partial charge is 0.316 e. The van der Waals surface area contributed by atoms with E-state index in [9.17, 15) is 0 Å². The van der Waals surface area contributed by atoms with Gasteiger partial charge in [0, 0.05) is 12.0 Å². The van der Waals surface area contributed by atoms with Gasteiger partial charge in [0.25, 0.3) is 0 Å². The quantitative estimate of drug-likeness (QED) is 0.775. The predicted molar refractivity (Wildman–Crippen MR) is 51.5 cm³/mol. The summed E-state index contributed by atoms with van der Waals surface area (Å²) in [7, 11) is 1.99. The fourth-order valence-electron chi connectivity index (χ4n) is 1.36. The molecule has 0 aliphatic rings. The van der Waals surface area contributed by atoms with E-state index in [2.05, 4.69) is 28.5 Å². The molecule has 1 rings (SSSR count). The van der Waals surface area contributed by atoms with Crippen LogP contribution >= 0.6 is 11.5 Å². The fraction of sp³-hybridized carbons (Fsp3) is 0.750. The van der Waals surface area contributed by atoms with Crippen molar-refractivity contribution in [2.75, 3.05) is 7.05 Å². The van der Waals surface area contributed by atoms with Crippen molar-refractivity contribution in [2.45, 2.75) is 32.2 Å². The van der Waals surface area contributed by atoms with Gasteiger partial charge in [-0.25, -0.2) is 4.98 Å². The van der Waals surface area contributed by atoms with Crippen LogP contribution < -0.4 is 5.32 Å². The van der Waals surface area contributed by atoms with Crippen LogP contribution in [0.4, 0.5) is 0 Å². The van der Waals surface area contributed by atoms with Crippen LogP contribution in [0.3, 0.4) is 0 Å². The second kappa shape index (κ2) is 4.52. The van der Waals surface area contributed by atoms with Crippen molar-refractivity contribution in [3.63, 3.8) is 0 Å². The molecule has 68 valence electrons. The van der Waals surface area contributed by atoms with Crippen molar-refractivity contribution >= 4 is 11.5 Å². The Labute approximate surface area is 77.4 Å².